The largest absolute Gasteiger partial charge is 0.398 e. The smallest absolute Gasteiger partial charge is 0.242 e. The predicted molar refractivity (Wildman–Crippen MR) is 76.2 cm³/mol. The lowest BCUT2D eigenvalue weighted by Crippen LogP contribution is -2.29. The lowest BCUT2D eigenvalue weighted by atomic mass is 10.3. The first-order valence-corrected chi connectivity index (χ1v) is 7.96. The molecule has 1 atom stereocenters. The van der Waals surface area contributed by atoms with Crippen molar-refractivity contribution in [2.45, 2.75) is 17.4 Å². The highest BCUT2D eigenvalue weighted by atomic mass is 79.9. The maximum absolute atomic E-state index is 13.2. The van der Waals surface area contributed by atoms with Gasteiger partial charge in [0.25, 0.3) is 0 Å². The van der Waals surface area contributed by atoms with Gasteiger partial charge in [-0.2, -0.15) is 0 Å². The molecule has 0 aromatic heterocycles. The van der Waals surface area contributed by atoms with Crippen LogP contribution in [0, 0.1) is 5.82 Å². The van der Waals surface area contributed by atoms with E-state index < -0.39 is 21.9 Å². The van der Waals surface area contributed by atoms with Crippen molar-refractivity contribution in [3.63, 3.8) is 0 Å². The van der Waals surface area contributed by atoms with Gasteiger partial charge in [0, 0.05) is 13.7 Å². The second-order valence-electron chi connectivity index (χ2n) is 4.10. The molecule has 4 N–H and O–H groups in total. The minimum atomic E-state index is -3.86. The number of methoxy groups -OCH3 is 1. The molecule has 0 saturated heterocycles. The quantitative estimate of drug-likeness (QED) is 0.617. The summed E-state index contributed by atoms with van der Waals surface area (Å²) in [7, 11) is -2.43. The Labute approximate surface area is 125 Å². The summed E-state index contributed by atoms with van der Waals surface area (Å²) in [5.41, 5.74) is 5.32. The zero-order valence-corrected chi connectivity index (χ0v) is 13.2. The van der Waals surface area contributed by atoms with Crippen molar-refractivity contribution in [2.24, 2.45) is 0 Å². The molecule has 0 amide bonds. The zero-order valence-electron chi connectivity index (χ0n) is 10.8. The Bertz CT molecular complexity index is 568. The van der Waals surface area contributed by atoms with Crippen LogP contribution >= 0.6 is 15.9 Å². The third kappa shape index (κ3) is 4.67. The Morgan fingerprint density at radius 2 is 2.20 bits per heavy atom. The molecule has 6 nitrogen and oxygen atoms in total. The summed E-state index contributed by atoms with van der Waals surface area (Å²) in [6.45, 7) is 0.132. The number of halogens is 2. The molecule has 1 unspecified atom stereocenters. The van der Waals surface area contributed by atoms with Crippen LogP contribution in [0.1, 0.15) is 6.42 Å². The number of aliphatic hydroxyl groups is 1. The van der Waals surface area contributed by atoms with Crippen LogP contribution in [0.15, 0.2) is 21.5 Å². The topological polar surface area (TPSA) is 102 Å². The van der Waals surface area contributed by atoms with E-state index in [0.717, 1.165) is 12.1 Å². The van der Waals surface area contributed by atoms with Crippen molar-refractivity contribution in [1.82, 2.24) is 4.72 Å². The van der Waals surface area contributed by atoms with Crippen molar-refractivity contribution in [3.8, 4) is 0 Å². The number of nitrogen functional groups attached to an aromatic ring is 1. The summed E-state index contributed by atoms with van der Waals surface area (Å²) in [5, 5.41) is 9.41. The molecule has 0 aliphatic carbocycles. The Morgan fingerprint density at radius 1 is 1.55 bits per heavy atom. The van der Waals surface area contributed by atoms with Crippen molar-refractivity contribution in [1.29, 1.82) is 0 Å². The normalized spacial score (nSPS) is 13.4. The first kappa shape index (κ1) is 17.3. The van der Waals surface area contributed by atoms with Crippen LogP contribution in [0.4, 0.5) is 10.1 Å². The number of hydrogen-bond acceptors (Lipinski definition) is 5. The van der Waals surface area contributed by atoms with Crippen LogP contribution in [0.25, 0.3) is 0 Å². The van der Waals surface area contributed by atoms with E-state index in [-0.39, 0.29) is 34.6 Å². The number of nitrogens with two attached hydrogens (primary N) is 1. The Hall–Kier alpha value is -0.740. The Morgan fingerprint density at radius 3 is 2.80 bits per heavy atom. The zero-order chi connectivity index (χ0) is 15.3. The molecule has 0 fully saturated rings. The first-order chi connectivity index (χ1) is 9.27. The van der Waals surface area contributed by atoms with E-state index >= 15 is 0 Å². The van der Waals surface area contributed by atoms with Crippen LogP contribution in [0.3, 0.4) is 0 Å². The van der Waals surface area contributed by atoms with E-state index in [4.69, 9.17) is 10.5 Å². The van der Waals surface area contributed by atoms with E-state index in [9.17, 15) is 17.9 Å². The molecule has 0 aliphatic rings. The van der Waals surface area contributed by atoms with Crippen LogP contribution in [0.2, 0.25) is 0 Å². The Kier molecular flexibility index (Phi) is 6.34. The van der Waals surface area contributed by atoms with Crippen molar-refractivity contribution in [3.05, 3.63) is 22.4 Å². The SMILES string of the molecule is COCC(O)CCNS(=O)(=O)c1cc(Br)c(F)cc1N. The predicted octanol–water partition coefficient (Wildman–Crippen LogP) is 0.846. The van der Waals surface area contributed by atoms with Gasteiger partial charge in [-0.3, -0.25) is 0 Å². The van der Waals surface area contributed by atoms with Gasteiger partial charge in [-0.15, -0.1) is 0 Å². The minimum Gasteiger partial charge on any atom is -0.398 e. The molecule has 0 radical (unpaired) electrons. The van der Waals surface area contributed by atoms with Gasteiger partial charge in [0.2, 0.25) is 10.0 Å². The molecule has 9 heteroatoms. The molecular weight excluding hydrogens is 355 g/mol. The van der Waals surface area contributed by atoms with Crippen LogP contribution < -0.4 is 10.5 Å². The van der Waals surface area contributed by atoms with E-state index in [1.807, 2.05) is 0 Å². The lowest BCUT2D eigenvalue weighted by molar-refractivity contribution is 0.0603. The molecule has 0 aliphatic heterocycles. The minimum absolute atomic E-state index is 0.00601. The summed E-state index contributed by atoms with van der Waals surface area (Å²) in [6, 6.07) is 2.02. The number of aliphatic hydroxyl groups excluding tert-OH is 1. The highest BCUT2D eigenvalue weighted by molar-refractivity contribution is 9.10. The third-order valence-electron chi connectivity index (χ3n) is 2.47. The van der Waals surface area contributed by atoms with Crippen LogP contribution in [-0.4, -0.2) is 39.9 Å². The highest BCUT2D eigenvalue weighted by Gasteiger charge is 2.19. The van der Waals surface area contributed by atoms with Gasteiger partial charge >= 0.3 is 0 Å². The number of rotatable bonds is 7. The van der Waals surface area contributed by atoms with E-state index in [1.165, 1.54) is 7.11 Å². The monoisotopic (exact) mass is 370 g/mol. The number of benzene rings is 1. The van der Waals surface area contributed by atoms with Gasteiger partial charge in [-0.25, -0.2) is 17.5 Å². The van der Waals surface area contributed by atoms with Gasteiger partial charge in [-0.1, -0.05) is 0 Å². The second kappa shape index (κ2) is 7.32. The third-order valence-corrected chi connectivity index (χ3v) is 4.60. The molecule has 1 rings (SSSR count). The van der Waals surface area contributed by atoms with Crippen molar-refractivity contribution in [2.75, 3.05) is 26.0 Å². The molecule has 1 aromatic carbocycles. The fraction of sp³-hybridized carbons (Fsp3) is 0.455. The molecular formula is C11H16BrFN2O4S. The van der Waals surface area contributed by atoms with Crippen molar-refractivity contribution >= 4 is 31.6 Å². The van der Waals surface area contributed by atoms with Gasteiger partial charge in [-0.05, 0) is 34.5 Å². The number of hydrogen-bond donors (Lipinski definition) is 3. The van der Waals surface area contributed by atoms with Gasteiger partial charge < -0.3 is 15.6 Å². The summed E-state index contributed by atoms with van der Waals surface area (Å²) >= 11 is 2.91. The number of sulfonamides is 1. The molecule has 0 saturated carbocycles. The molecule has 20 heavy (non-hydrogen) atoms. The number of ether oxygens (including phenoxy) is 1. The molecule has 0 heterocycles. The summed E-state index contributed by atoms with van der Waals surface area (Å²) in [4.78, 5) is -0.216. The average Bonchev–Trinajstić information content (AvgIpc) is 2.33. The first-order valence-electron chi connectivity index (χ1n) is 5.69. The average molecular weight is 371 g/mol. The van der Waals surface area contributed by atoms with Gasteiger partial charge in [0.05, 0.1) is 22.9 Å². The highest BCUT2D eigenvalue weighted by Crippen LogP contribution is 2.25. The number of nitrogens with one attached hydrogen (secondary N) is 1. The summed E-state index contributed by atoms with van der Waals surface area (Å²) in [6.07, 6.45) is -0.574. The lowest BCUT2D eigenvalue weighted by Gasteiger charge is -2.12. The summed E-state index contributed by atoms with van der Waals surface area (Å²) in [5.74, 6) is -0.642. The van der Waals surface area contributed by atoms with E-state index in [2.05, 4.69) is 20.7 Å². The van der Waals surface area contributed by atoms with Crippen molar-refractivity contribution < 1.29 is 22.7 Å². The molecule has 0 spiro atoms. The second-order valence-corrected chi connectivity index (χ2v) is 6.69. The molecule has 0 bridgehead atoms. The van der Waals surface area contributed by atoms with Gasteiger partial charge in [0.1, 0.15) is 10.7 Å². The summed E-state index contributed by atoms with van der Waals surface area (Å²) < 4.78 is 44.2. The van der Waals surface area contributed by atoms with E-state index in [1.54, 1.807) is 0 Å². The van der Waals surface area contributed by atoms with Gasteiger partial charge in [0.15, 0.2) is 0 Å². The maximum atomic E-state index is 13.2. The Balaban J connectivity index is 2.77. The molecule has 1 aromatic rings. The standard InChI is InChI=1S/C11H16BrFN2O4S/c1-19-6-7(16)2-3-15-20(17,18)11-4-8(12)9(13)5-10(11)14/h4-5,7,15-16H,2-3,6,14H2,1H3. The van der Waals surface area contributed by atoms with Crippen LogP contribution in [0.5, 0.6) is 0 Å². The number of anilines is 1. The molecule has 114 valence electrons. The van der Waals surface area contributed by atoms with Crippen LogP contribution in [-0.2, 0) is 14.8 Å². The fourth-order valence-corrected chi connectivity index (χ4v) is 3.17. The fourth-order valence-electron chi connectivity index (χ4n) is 1.49. The van der Waals surface area contributed by atoms with E-state index in [0.29, 0.717) is 0 Å². The maximum Gasteiger partial charge on any atom is 0.242 e.